The fourth-order valence-electron chi connectivity index (χ4n) is 3.75. The standard InChI is InChI=1S/C17H22N6O3/c1-18-15(24)12-10-23-8-5-19-16(23)17(26-12)3-6-22(7-4-17)13-9-14(25-2)21-11-20-13/h5,8-9,11-12H,3-4,6-7,10H2,1-2H3,(H,18,24)/t12-/m0/s1. The Balaban J connectivity index is 1.56. The van der Waals surface area contributed by atoms with Crippen molar-refractivity contribution in [2.24, 2.45) is 0 Å². The van der Waals surface area contributed by atoms with Crippen LogP contribution < -0.4 is 15.0 Å². The van der Waals surface area contributed by atoms with Gasteiger partial charge in [0.1, 0.15) is 23.6 Å². The van der Waals surface area contributed by atoms with Crippen LogP contribution in [0, 0.1) is 0 Å². The lowest BCUT2D eigenvalue weighted by atomic mass is 9.88. The minimum absolute atomic E-state index is 0.105. The van der Waals surface area contributed by atoms with Crippen LogP contribution in [-0.2, 0) is 21.7 Å². The highest BCUT2D eigenvalue weighted by molar-refractivity contribution is 5.80. The summed E-state index contributed by atoms with van der Waals surface area (Å²) >= 11 is 0. The fourth-order valence-corrected chi connectivity index (χ4v) is 3.75. The third kappa shape index (κ3) is 2.78. The van der Waals surface area contributed by atoms with Gasteiger partial charge in [-0.05, 0) is 0 Å². The number of likely N-dealkylation sites (N-methyl/N-ethyl adjacent to an activating group) is 1. The summed E-state index contributed by atoms with van der Waals surface area (Å²) in [5.74, 6) is 2.16. The van der Waals surface area contributed by atoms with Gasteiger partial charge >= 0.3 is 0 Å². The molecule has 1 saturated heterocycles. The number of hydrogen-bond donors (Lipinski definition) is 1. The lowest BCUT2D eigenvalue weighted by molar-refractivity contribution is -0.166. The molecule has 2 aromatic heterocycles. The molecule has 26 heavy (non-hydrogen) atoms. The van der Waals surface area contributed by atoms with E-state index in [1.165, 1.54) is 6.33 Å². The van der Waals surface area contributed by atoms with Gasteiger partial charge in [-0.3, -0.25) is 4.79 Å². The van der Waals surface area contributed by atoms with Gasteiger partial charge in [-0.25, -0.2) is 15.0 Å². The van der Waals surface area contributed by atoms with E-state index in [1.54, 1.807) is 20.4 Å². The molecule has 2 aliphatic rings. The average Bonchev–Trinajstić information content (AvgIpc) is 3.17. The molecule has 1 fully saturated rings. The van der Waals surface area contributed by atoms with Gasteiger partial charge in [-0.15, -0.1) is 0 Å². The van der Waals surface area contributed by atoms with Crippen LogP contribution >= 0.6 is 0 Å². The first-order chi connectivity index (χ1) is 12.6. The maximum absolute atomic E-state index is 12.2. The van der Waals surface area contributed by atoms with Crippen LogP contribution in [0.25, 0.3) is 0 Å². The number of piperidine rings is 1. The number of amides is 1. The number of nitrogens with one attached hydrogen (secondary N) is 1. The summed E-state index contributed by atoms with van der Waals surface area (Å²) < 4.78 is 13.5. The van der Waals surface area contributed by atoms with Crippen molar-refractivity contribution in [3.8, 4) is 5.88 Å². The molecule has 1 atom stereocenters. The maximum atomic E-state index is 12.2. The monoisotopic (exact) mass is 358 g/mol. The van der Waals surface area contributed by atoms with Crippen molar-refractivity contribution in [3.05, 3.63) is 30.6 Å². The Bertz CT molecular complexity index is 799. The molecule has 4 rings (SSSR count). The number of anilines is 1. The molecule has 1 spiro atoms. The van der Waals surface area contributed by atoms with Crippen molar-refractivity contribution in [2.45, 2.75) is 31.1 Å². The van der Waals surface area contributed by atoms with E-state index >= 15 is 0 Å². The molecule has 9 heteroatoms. The zero-order valence-electron chi connectivity index (χ0n) is 14.9. The van der Waals surface area contributed by atoms with Crippen LogP contribution in [0.5, 0.6) is 5.88 Å². The number of aromatic nitrogens is 4. The lowest BCUT2D eigenvalue weighted by Gasteiger charge is -2.45. The van der Waals surface area contributed by atoms with Gasteiger partial charge in [0.2, 0.25) is 5.88 Å². The van der Waals surface area contributed by atoms with Gasteiger partial charge in [0, 0.05) is 51.4 Å². The summed E-state index contributed by atoms with van der Waals surface area (Å²) in [7, 11) is 3.22. The quantitative estimate of drug-likeness (QED) is 0.844. The van der Waals surface area contributed by atoms with Gasteiger partial charge in [0.05, 0.1) is 13.7 Å². The van der Waals surface area contributed by atoms with E-state index in [9.17, 15) is 4.79 Å². The van der Waals surface area contributed by atoms with Crippen molar-refractivity contribution >= 4 is 11.7 Å². The predicted octanol–water partition coefficient (Wildman–Crippen LogP) is 0.322. The molecule has 0 bridgehead atoms. The fraction of sp³-hybridized carbons (Fsp3) is 0.529. The molecule has 4 heterocycles. The Labute approximate surface area is 151 Å². The zero-order chi connectivity index (χ0) is 18.1. The molecule has 138 valence electrons. The van der Waals surface area contributed by atoms with Crippen LogP contribution in [0.3, 0.4) is 0 Å². The highest BCUT2D eigenvalue weighted by atomic mass is 16.5. The first kappa shape index (κ1) is 16.8. The van der Waals surface area contributed by atoms with E-state index < -0.39 is 11.7 Å². The molecular formula is C17H22N6O3. The van der Waals surface area contributed by atoms with Gasteiger partial charge in [-0.1, -0.05) is 0 Å². The molecule has 2 aliphatic heterocycles. The van der Waals surface area contributed by atoms with E-state index in [2.05, 4.69) is 25.2 Å². The third-order valence-corrected chi connectivity index (χ3v) is 5.12. The van der Waals surface area contributed by atoms with Crippen LogP contribution in [0.15, 0.2) is 24.8 Å². The minimum Gasteiger partial charge on any atom is -0.481 e. The molecular weight excluding hydrogens is 336 g/mol. The number of hydrogen-bond acceptors (Lipinski definition) is 7. The largest absolute Gasteiger partial charge is 0.481 e. The molecule has 0 unspecified atom stereocenters. The topological polar surface area (TPSA) is 94.4 Å². The molecule has 1 N–H and O–H groups in total. The predicted molar refractivity (Wildman–Crippen MR) is 92.9 cm³/mol. The van der Waals surface area contributed by atoms with Crippen molar-refractivity contribution in [3.63, 3.8) is 0 Å². The smallest absolute Gasteiger partial charge is 0.250 e. The Hall–Kier alpha value is -2.68. The summed E-state index contributed by atoms with van der Waals surface area (Å²) in [6.45, 7) is 1.98. The number of carbonyl (C=O) groups excluding carboxylic acids is 1. The molecule has 9 nitrogen and oxygen atoms in total. The van der Waals surface area contributed by atoms with Gasteiger partial charge < -0.3 is 24.3 Å². The van der Waals surface area contributed by atoms with Crippen LogP contribution in [0.2, 0.25) is 0 Å². The molecule has 0 aliphatic carbocycles. The van der Waals surface area contributed by atoms with Gasteiger partial charge in [-0.2, -0.15) is 0 Å². The molecule has 2 aromatic rings. The summed E-state index contributed by atoms with van der Waals surface area (Å²) in [5, 5.41) is 2.69. The molecule has 0 radical (unpaired) electrons. The van der Waals surface area contributed by atoms with Crippen molar-refractivity contribution < 1.29 is 14.3 Å². The molecule has 0 aromatic carbocycles. The van der Waals surface area contributed by atoms with Gasteiger partial charge in [0.25, 0.3) is 5.91 Å². The van der Waals surface area contributed by atoms with E-state index in [0.29, 0.717) is 12.4 Å². The SMILES string of the molecule is CNC(=O)[C@@H]1Cn2ccnc2C2(CCN(c3cc(OC)ncn3)CC2)O1. The third-order valence-electron chi connectivity index (χ3n) is 5.12. The zero-order valence-corrected chi connectivity index (χ0v) is 14.9. The summed E-state index contributed by atoms with van der Waals surface area (Å²) in [6.07, 6.45) is 6.13. The first-order valence-electron chi connectivity index (χ1n) is 8.67. The van der Waals surface area contributed by atoms with Crippen molar-refractivity contribution in [1.29, 1.82) is 0 Å². The second kappa shape index (κ2) is 6.56. The van der Waals surface area contributed by atoms with Crippen LogP contribution in [0.1, 0.15) is 18.7 Å². The Kier molecular flexibility index (Phi) is 4.23. The first-order valence-corrected chi connectivity index (χ1v) is 8.67. The number of fused-ring (bicyclic) bond motifs is 2. The number of rotatable bonds is 3. The number of nitrogens with zero attached hydrogens (tertiary/aromatic N) is 5. The Morgan fingerprint density at radius 2 is 2.15 bits per heavy atom. The maximum Gasteiger partial charge on any atom is 0.250 e. The van der Waals surface area contributed by atoms with Crippen molar-refractivity contribution in [2.75, 3.05) is 32.1 Å². The second-order valence-electron chi connectivity index (χ2n) is 6.52. The minimum atomic E-state index is -0.549. The average molecular weight is 358 g/mol. The van der Waals surface area contributed by atoms with Gasteiger partial charge in [0.15, 0.2) is 6.10 Å². The number of ether oxygens (including phenoxy) is 2. The van der Waals surface area contributed by atoms with E-state index in [-0.39, 0.29) is 5.91 Å². The van der Waals surface area contributed by atoms with E-state index in [1.807, 2.05) is 16.8 Å². The Morgan fingerprint density at radius 3 is 2.88 bits per heavy atom. The van der Waals surface area contributed by atoms with E-state index in [4.69, 9.17) is 9.47 Å². The van der Waals surface area contributed by atoms with E-state index in [0.717, 1.165) is 37.6 Å². The Morgan fingerprint density at radius 1 is 1.35 bits per heavy atom. The number of imidazole rings is 1. The van der Waals surface area contributed by atoms with Crippen LogP contribution in [-0.4, -0.2) is 58.8 Å². The summed E-state index contributed by atoms with van der Waals surface area (Å²) in [4.78, 5) is 27.3. The van der Waals surface area contributed by atoms with Crippen LogP contribution in [0.4, 0.5) is 5.82 Å². The summed E-state index contributed by atoms with van der Waals surface area (Å²) in [5.41, 5.74) is -0.549. The number of methoxy groups -OCH3 is 1. The lowest BCUT2D eigenvalue weighted by Crippen LogP contribution is -2.54. The normalized spacial score (nSPS) is 21.3. The molecule has 1 amide bonds. The molecule has 0 saturated carbocycles. The van der Waals surface area contributed by atoms with Crippen molar-refractivity contribution in [1.82, 2.24) is 24.8 Å². The highest BCUT2D eigenvalue weighted by Crippen LogP contribution is 2.40. The highest BCUT2D eigenvalue weighted by Gasteiger charge is 2.47. The second-order valence-corrected chi connectivity index (χ2v) is 6.52. The number of carbonyl (C=O) groups is 1. The summed E-state index contributed by atoms with van der Waals surface area (Å²) in [6, 6.07) is 1.83.